The molecule has 4 atom stereocenters. The van der Waals surface area contributed by atoms with Crippen molar-refractivity contribution in [1.82, 2.24) is 4.90 Å². The zero-order chi connectivity index (χ0) is 20.5. The SMILES string of the molecule is CCOc1ccc(C2C3=C(OC4CCC(C)CC4C3=O)C(=O)N2CCOC)cc1. The van der Waals surface area contributed by atoms with Gasteiger partial charge in [0.1, 0.15) is 11.9 Å². The van der Waals surface area contributed by atoms with Crippen LogP contribution in [0.1, 0.15) is 44.7 Å². The van der Waals surface area contributed by atoms with Gasteiger partial charge >= 0.3 is 0 Å². The van der Waals surface area contributed by atoms with E-state index in [1.807, 2.05) is 31.2 Å². The molecule has 0 aromatic heterocycles. The fraction of sp³-hybridized carbons (Fsp3) is 0.565. The van der Waals surface area contributed by atoms with Gasteiger partial charge in [0.2, 0.25) is 0 Å². The molecule has 2 aliphatic heterocycles. The van der Waals surface area contributed by atoms with Crippen LogP contribution in [0.15, 0.2) is 35.6 Å². The minimum atomic E-state index is -0.436. The normalized spacial score (nSPS) is 28.9. The third-order valence-electron chi connectivity index (χ3n) is 6.25. The summed E-state index contributed by atoms with van der Waals surface area (Å²) in [6, 6.07) is 7.20. The average Bonchev–Trinajstić information content (AvgIpc) is 3.00. The molecule has 0 spiro atoms. The molecule has 0 radical (unpaired) electrons. The van der Waals surface area contributed by atoms with Crippen molar-refractivity contribution in [3.05, 3.63) is 41.2 Å². The molecule has 2 heterocycles. The maximum absolute atomic E-state index is 13.5. The van der Waals surface area contributed by atoms with Gasteiger partial charge in [-0.15, -0.1) is 0 Å². The van der Waals surface area contributed by atoms with Crippen LogP contribution in [-0.2, 0) is 19.1 Å². The van der Waals surface area contributed by atoms with E-state index < -0.39 is 6.04 Å². The number of amides is 1. The second kappa shape index (κ2) is 8.19. The number of methoxy groups -OCH3 is 1. The zero-order valence-electron chi connectivity index (χ0n) is 17.3. The number of hydrogen-bond acceptors (Lipinski definition) is 5. The molecule has 3 aliphatic rings. The minimum absolute atomic E-state index is 0.0787. The van der Waals surface area contributed by atoms with Crippen LogP contribution in [0.25, 0.3) is 0 Å². The average molecular weight is 399 g/mol. The topological polar surface area (TPSA) is 65.1 Å². The highest BCUT2D eigenvalue weighted by molar-refractivity contribution is 6.11. The molecule has 4 rings (SSSR count). The highest BCUT2D eigenvalue weighted by atomic mass is 16.5. The molecule has 1 fully saturated rings. The molecule has 1 amide bonds. The number of nitrogens with zero attached hydrogens (tertiary/aromatic N) is 1. The molecule has 0 bridgehead atoms. The molecule has 29 heavy (non-hydrogen) atoms. The van der Waals surface area contributed by atoms with E-state index in [4.69, 9.17) is 14.2 Å². The van der Waals surface area contributed by atoms with E-state index in [0.717, 1.165) is 30.6 Å². The van der Waals surface area contributed by atoms with Crippen molar-refractivity contribution in [2.75, 3.05) is 26.9 Å². The van der Waals surface area contributed by atoms with E-state index >= 15 is 0 Å². The van der Waals surface area contributed by atoms with Crippen molar-refractivity contribution in [2.24, 2.45) is 11.8 Å². The van der Waals surface area contributed by atoms with Crippen LogP contribution < -0.4 is 4.74 Å². The summed E-state index contributed by atoms with van der Waals surface area (Å²) < 4.78 is 16.9. The lowest BCUT2D eigenvalue weighted by molar-refractivity contribution is -0.136. The quantitative estimate of drug-likeness (QED) is 0.735. The predicted octanol–water partition coefficient (Wildman–Crippen LogP) is 3.27. The molecule has 4 unspecified atom stereocenters. The smallest absolute Gasteiger partial charge is 0.290 e. The summed E-state index contributed by atoms with van der Waals surface area (Å²) >= 11 is 0. The van der Waals surface area contributed by atoms with E-state index in [1.165, 1.54) is 0 Å². The molecule has 0 saturated heterocycles. The molecule has 0 N–H and O–H groups in total. The van der Waals surface area contributed by atoms with Gasteiger partial charge in [0.15, 0.2) is 11.5 Å². The van der Waals surface area contributed by atoms with E-state index in [-0.39, 0.29) is 29.5 Å². The van der Waals surface area contributed by atoms with Gasteiger partial charge < -0.3 is 19.1 Å². The van der Waals surface area contributed by atoms with Gasteiger partial charge in [0.25, 0.3) is 5.91 Å². The van der Waals surface area contributed by atoms with Gasteiger partial charge in [-0.3, -0.25) is 9.59 Å². The summed E-state index contributed by atoms with van der Waals surface area (Å²) in [5.74, 6) is 1.23. The third-order valence-corrected chi connectivity index (χ3v) is 6.25. The highest BCUT2D eigenvalue weighted by Crippen LogP contribution is 2.47. The first-order valence-electron chi connectivity index (χ1n) is 10.5. The van der Waals surface area contributed by atoms with E-state index in [9.17, 15) is 9.59 Å². The number of rotatable bonds is 6. The number of Topliss-reactive ketones (excluding diaryl/α,β-unsaturated/α-hetero) is 1. The van der Waals surface area contributed by atoms with Gasteiger partial charge in [-0.05, 0) is 49.8 Å². The largest absolute Gasteiger partial charge is 0.494 e. The van der Waals surface area contributed by atoms with Crippen LogP contribution in [-0.4, -0.2) is 49.6 Å². The molecular weight excluding hydrogens is 370 g/mol. The molecule has 6 heteroatoms. The summed E-state index contributed by atoms with van der Waals surface area (Å²) in [6.07, 6.45) is 2.50. The number of ether oxygens (including phenoxy) is 3. The highest BCUT2D eigenvalue weighted by Gasteiger charge is 2.52. The first-order valence-corrected chi connectivity index (χ1v) is 10.5. The van der Waals surface area contributed by atoms with Crippen LogP contribution in [0.3, 0.4) is 0 Å². The van der Waals surface area contributed by atoms with Crippen LogP contribution >= 0.6 is 0 Å². The Labute approximate surface area is 171 Å². The Bertz CT molecular complexity index is 815. The standard InChI is InChI=1S/C23H29NO5/c1-4-28-16-8-6-15(7-9-16)20-19-21(25)17-13-14(2)5-10-18(17)29-22(19)23(26)24(20)11-12-27-3/h6-9,14,17-18,20H,4-5,10-13H2,1-3H3. The van der Waals surface area contributed by atoms with Crippen molar-refractivity contribution in [2.45, 2.75) is 45.3 Å². The maximum atomic E-state index is 13.5. The number of hydrogen-bond donors (Lipinski definition) is 0. The van der Waals surface area contributed by atoms with Crippen molar-refractivity contribution in [1.29, 1.82) is 0 Å². The molecular formula is C23H29NO5. The van der Waals surface area contributed by atoms with Crippen LogP contribution in [0.2, 0.25) is 0 Å². The van der Waals surface area contributed by atoms with Crippen molar-refractivity contribution in [3.8, 4) is 5.75 Å². The van der Waals surface area contributed by atoms with Gasteiger partial charge in [-0.2, -0.15) is 0 Å². The molecule has 1 aromatic rings. The summed E-state index contributed by atoms with van der Waals surface area (Å²) in [4.78, 5) is 28.4. The van der Waals surface area contributed by atoms with E-state index in [1.54, 1.807) is 12.0 Å². The summed E-state index contributed by atoms with van der Waals surface area (Å²) in [5.41, 5.74) is 1.41. The van der Waals surface area contributed by atoms with Crippen LogP contribution in [0.4, 0.5) is 0 Å². The van der Waals surface area contributed by atoms with Crippen molar-refractivity contribution < 1.29 is 23.8 Å². The van der Waals surface area contributed by atoms with Crippen molar-refractivity contribution >= 4 is 11.7 Å². The molecule has 1 aromatic carbocycles. The van der Waals surface area contributed by atoms with Gasteiger partial charge in [-0.1, -0.05) is 19.1 Å². The fourth-order valence-corrected chi connectivity index (χ4v) is 4.80. The Balaban J connectivity index is 1.72. The summed E-state index contributed by atoms with van der Waals surface area (Å²) in [7, 11) is 1.61. The van der Waals surface area contributed by atoms with Crippen molar-refractivity contribution in [3.63, 3.8) is 0 Å². The third kappa shape index (κ3) is 3.54. The number of fused-ring (bicyclic) bond motifs is 1. The van der Waals surface area contributed by atoms with Gasteiger partial charge in [-0.25, -0.2) is 0 Å². The van der Waals surface area contributed by atoms with Gasteiger partial charge in [0, 0.05) is 13.7 Å². The van der Waals surface area contributed by atoms with Crippen LogP contribution in [0.5, 0.6) is 5.75 Å². The number of benzene rings is 1. The minimum Gasteiger partial charge on any atom is -0.494 e. The molecule has 6 nitrogen and oxygen atoms in total. The second-order valence-electron chi connectivity index (χ2n) is 8.18. The Morgan fingerprint density at radius 2 is 1.93 bits per heavy atom. The Hall–Kier alpha value is -2.34. The Kier molecular flexibility index (Phi) is 5.63. The molecule has 1 aliphatic carbocycles. The monoisotopic (exact) mass is 399 g/mol. The predicted molar refractivity (Wildman–Crippen MR) is 107 cm³/mol. The first-order chi connectivity index (χ1) is 14.0. The lowest BCUT2D eigenvalue weighted by Gasteiger charge is -2.37. The van der Waals surface area contributed by atoms with E-state index in [0.29, 0.717) is 31.2 Å². The Morgan fingerprint density at radius 3 is 2.62 bits per heavy atom. The number of carbonyl (C=O) groups is 2. The first kappa shape index (κ1) is 20.0. The Morgan fingerprint density at radius 1 is 1.17 bits per heavy atom. The van der Waals surface area contributed by atoms with Gasteiger partial charge in [0.05, 0.1) is 30.7 Å². The lowest BCUT2D eigenvalue weighted by atomic mass is 9.74. The van der Waals surface area contributed by atoms with Crippen LogP contribution in [0, 0.1) is 11.8 Å². The molecule has 156 valence electrons. The fourth-order valence-electron chi connectivity index (χ4n) is 4.80. The number of ketones is 1. The maximum Gasteiger partial charge on any atom is 0.290 e. The summed E-state index contributed by atoms with van der Waals surface area (Å²) in [6.45, 7) is 5.51. The molecule has 1 saturated carbocycles. The number of carbonyl (C=O) groups excluding carboxylic acids is 2. The second-order valence-corrected chi connectivity index (χ2v) is 8.18. The summed E-state index contributed by atoms with van der Waals surface area (Å²) in [5, 5.41) is 0. The lowest BCUT2D eigenvalue weighted by Crippen LogP contribution is -2.41. The van der Waals surface area contributed by atoms with E-state index in [2.05, 4.69) is 6.92 Å². The zero-order valence-corrected chi connectivity index (χ0v) is 17.3.